The normalized spacial score (nSPS) is 10.2. The molecular weight excluding hydrogens is 404 g/mol. The van der Waals surface area contributed by atoms with Gasteiger partial charge >= 0.3 is 0 Å². The van der Waals surface area contributed by atoms with E-state index in [0.29, 0.717) is 33.6 Å². The molecule has 154 valence electrons. The third kappa shape index (κ3) is 5.71. The fraction of sp³-hybridized carbons (Fsp3) is 0.143. The zero-order valence-electron chi connectivity index (χ0n) is 16.4. The van der Waals surface area contributed by atoms with Crippen molar-refractivity contribution >= 4 is 35.1 Å². The third-order valence-corrected chi connectivity index (χ3v) is 4.86. The van der Waals surface area contributed by atoms with Crippen molar-refractivity contribution in [1.82, 2.24) is 10.2 Å². The second-order valence-electron chi connectivity index (χ2n) is 5.98. The molecule has 0 fully saturated rings. The van der Waals surface area contributed by atoms with E-state index in [0.717, 1.165) is 0 Å². The van der Waals surface area contributed by atoms with E-state index in [1.807, 2.05) is 6.07 Å². The molecule has 30 heavy (non-hydrogen) atoms. The van der Waals surface area contributed by atoms with Crippen LogP contribution in [0.3, 0.4) is 0 Å². The Morgan fingerprint density at radius 1 is 0.900 bits per heavy atom. The van der Waals surface area contributed by atoms with Crippen molar-refractivity contribution in [1.29, 1.82) is 0 Å². The fourth-order valence-electron chi connectivity index (χ4n) is 2.49. The lowest BCUT2D eigenvalue weighted by Crippen LogP contribution is -2.14. The van der Waals surface area contributed by atoms with Gasteiger partial charge in [0, 0.05) is 17.3 Å². The topological polar surface area (TPSA) is 102 Å². The summed E-state index contributed by atoms with van der Waals surface area (Å²) in [5, 5.41) is 14.1. The maximum Gasteiger partial charge on any atom is 0.256 e. The molecule has 2 N–H and O–H groups in total. The second-order valence-corrected chi connectivity index (χ2v) is 6.98. The molecule has 2 aromatic carbocycles. The van der Waals surface area contributed by atoms with Gasteiger partial charge in [0.05, 0.1) is 20.0 Å². The Labute approximate surface area is 178 Å². The largest absolute Gasteiger partial charge is 0.493 e. The van der Waals surface area contributed by atoms with E-state index < -0.39 is 0 Å². The van der Waals surface area contributed by atoms with Crippen LogP contribution < -0.4 is 20.1 Å². The summed E-state index contributed by atoms with van der Waals surface area (Å²) in [6.07, 6.45) is 0. The van der Waals surface area contributed by atoms with E-state index in [1.165, 1.54) is 18.9 Å². The zero-order chi connectivity index (χ0) is 21.3. The van der Waals surface area contributed by atoms with Crippen LogP contribution >= 0.6 is 11.8 Å². The highest BCUT2D eigenvalue weighted by molar-refractivity contribution is 7.99. The van der Waals surface area contributed by atoms with Gasteiger partial charge in [-0.25, -0.2) is 0 Å². The number of amides is 2. The average Bonchev–Trinajstić information content (AvgIpc) is 2.79. The van der Waals surface area contributed by atoms with Gasteiger partial charge in [-0.1, -0.05) is 30.0 Å². The molecule has 0 radical (unpaired) electrons. The van der Waals surface area contributed by atoms with Gasteiger partial charge in [-0.05, 0) is 36.4 Å². The van der Waals surface area contributed by atoms with Gasteiger partial charge in [0.15, 0.2) is 17.3 Å². The van der Waals surface area contributed by atoms with Gasteiger partial charge in [-0.3, -0.25) is 9.59 Å². The van der Waals surface area contributed by atoms with Gasteiger partial charge in [0.1, 0.15) is 5.03 Å². The van der Waals surface area contributed by atoms with Gasteiger partial charge in [-0.2, -0.15) is 0 Å². The van der Waals surface area contributed by atoms with Crippen molar-refractivity contribution in [2.24, 2.45) is 0 Å². The Morgan fingerprint density at radius 2 is 1.67 bits per heavy atom. The number of carbonyl (C=O) groups excluding carboxylic acids is 2. The number of benzene rings is 2. The number of hydrogen-bond donors (Lipinski definition) is 2. The molecule has 0 spiro atoms. The summed E-state index contributed by atoms with van der Waals surface area (Å²) >= 11 is 1.24. The molecule has 1 heterocycles. The molecule has 8 nitrogen and oxygen atoms in total. The molecule has 0 aliphatic rings. The predicted molar refractivity (Wildman–Crippen MR) is 115 cm³/mol. The first-order chi connectivity index (χ1) is 14.6. The Morgan fingerprint density at radius 3 is 2.33 bits per heavy atom. The molecular formula is C21H20N4O4S. The standard InChI is InChI=1S/C21H20N4O4S/c1-28-16-9-8-15(12-17(16)29-2)22-19(26)13-30-20-11-10-18(24-25-20)23-21(27)14-6-4-3-5-7-14/h3-12H,13H2,1-2H3,(H,22,26)(H,23,24,27). The van der Waals surface area contributed by atoms with Crippen molar-refractivity contribution in [3.63, 3.8) is 0 Å². The second kappa shape index (κ2) is 10.3. The molecule has 3 rings (SSSR count). The molecule has 2 amide bonds. The van der Waals surface area contributed by atoms with Crippen LogP contribution in [0.5, 0.6) is 11.5 Å². The van der Waals surface area contributed by atoms with Gasteiger partial charge < -0.3 is 20.1 Å². The van der Waals surface area contributed by atoms with Crippen LogP contribution in [0.1, 0.15) is 10.4 Å². The average molecular weight is 424 g/mol. The van der Waals surface area contributed by atoms with Crippen LogP contribution in [0.15, 0.2) is 65.7 Å². The number of carbonyl (C=O) groups is 2. The highest BCUT2D eigenvalue weighted by Crippen LogP contribution is 2.29. The van der Waals surface area contributed by atoms with Gasteiger partial charge in [-0.15, -0.1) is 10.2 Å². The van der Waals surface area contributed by atoms with Crippen molar-refractivity contribution in [2.45, 2.75) is 5.03 Å². The first-order valence-corrected chi connectivity index (χ1v) is 9.92. The molecule has 3 aromatic rings. The van der Waals surface area contributed by atoms with E-state index in [2.05, 4.69) is 20.8 Å². The number of methoxy groups -OCH3 is 2. The summed E-state index contributed by atoms with van der Waals surface area (Å²) in [6, 6.07) is 17.3. The fourth-order valence-corrected chi connectivity index (χ4v) is 3.11. The van der Waals surface area contributed by atoms with Crippen LogP contribution in [0.2, 0.25) is 0 Å². The minimum absolute atomic E-state index is 0.152. The smallest absolute Gasteiger partial charge is 0.256 e. The van der Waals surface area contributed by atoms with Crippen molar-refractivity contribution < 1.29 is 19.1 Å². The number of rotatable bonds is 8. The van der Waals surface area contributed by atoms with E-state index in [1.54, 1.807) is 61.7 Å². The van der Waals surface area contributed by atoms with Crippen molar-refractivity contribution in [3.05, 3.63) is 66.2 Å². The molecule has 0 saturated heterocycles. The lowest BCUT2D eigenvalue weighted by Gasteiger charge is -2.10. The SMILES string of the molecule is COc1ccc(NC(=O)CSc2ccc(NC(=O)c3ccccc3)nn2)cc1OC. The summed E-state index contributed by atoms with van der Waals surface area (Å²) in [5.41, 5.74) is 1.13. The molecule has 9 heteroatoms. The zero-order valence-corrected chi connectivity index (χ0v) is 17.2. The van der Waals surface area contributed by atoms with E-state index >= 15 is 0 Å². The van der Waals surface area contributed by atoms with Crippen LogP contribution in [0.25, 0.3) is 0 Å². The van der Waals surface area contributed by atoms with Crippen LogP contribution in [-0.4, -0.2) is 42.0 Å². The van der Waals surface area contributed by atoms with Crippen molar-refractivity contribution in [3.8, 4) is 11.5 Å². The van der Waals surface area contributed by atoms with Crippen LogP contribution in [0.4, 0.5) is 11.5 Å². The Hall–Kier alpha value is -3.59. The van der Waals surface area contributed by atoms with E-state index in [-0.39, 0.29) is 17.6 Å². The monoisotopic (exact) mass is 424 g/mol. The van der Waals surface area contributed by atoms with E-state index in [4.69, 9.17) is 9.47 Å². The Balaban J connectivity index is 1.51. The molecule has 1 aromatic heterocycles. The number of thioether (sulfide) groups is 1. The summed E-state index contributed by atoms with van der Waals surface area (Å²) in [7, 11) is 3.08. The van der Waals surface area contributed by atoms with Gasteiger partial charge in [0.2, 0.25) is 5.91 Å². The lowest BCUT2D eigenvalue weighted by molar-refractivity contribution is -0.113. The number of hydrogen-bond acceptors (Lipinski definition) is 7. The quantitative estimate of drug-likeness (QED) is 0.534. The minimum Gasteiger partial charge on any atom is -0.493 e. The summed E-state index contributed by atoms with van der Waals surface area (Å²) in [4.78, 5) is 24.3. The van der Waals surface area contributed by atoms with Crippen LogP contribution in [0, 0.1) is 0 Å². The highest BCUT2D eigenvalue weighted by Gasteiger charge is 2.10. The van der Waals surface area contributed by atoms with Gasteiger partial charge in [0.25, 0.3) is 5.91 Å². The number of ether oxygens (including phenoxy) is 2. The molecule has 0 unspecified atom stereocenters. The molecule has 0 aliphatic heterocycles. The summed E-state index contributed by atoms with van der Waals surface area (Å²) < 4.78 is 10.4. The maximum atomic E-state index is 12.2. The summed E-state index contributed by atoms with van der Waals surface area (Å²) in [5.74, 6) is 1.14. The van der Waals surface area contributed by atoms with Crippen LogP contribution in [-0.2, 0) is 4.79 Å². The predicted octanol–water partition coefficient (Wildman–Crippen LogP) is 3.48. The van der Waals surface area contributed by atoms with E-state index in [9.17, 15) is 9.59 Å². The molecule has 0 atom stereocenters. The number of anilines is 2. The Bertz CT molecular complexity index is 1010. The molecule has 0 saturated carbocycles. The number of nitrogens with zero attached hydrogens (tertiary/aromatic N) is 2. The third-order valence-electron chi connectivity index (χ3n) is 3.94. The molecule has 0 aliphatic carbocycles. The first-order valence-electron chi connectivity index (χ1n) is 8.94. The summed E-state index contributed by atoms with van der Waals surface area (Å²) in [6.45, 7) is 0. The lowest BCUT2D eigenvalue weighted by atomic mass is 10.2. The number of nitrogens with one attached hydrogen (secondary N) is 2. The number of aromatic nitrogens is 2. The van der Waals surface area contributed by atoms with Crippen molar-refractivity contribution in [2.75, 3.05) is 30.6 Å². The first kappa shape index (κ1) is 21.1. The molecule has 0 bridgehead atoms. The minimum atomic E-state index is -0.264. The maximum absolute atomic E-state index is 12.2. The highest BCUT2D eigenvalue weighted by atomic mass is 32.2. The Kier molecular flexibility index (Phi) is 7.23.